The fraction of sp³-hybridized carbons (Fsp3) is 0.857. The molecule has 0 aromatic carbocycles. The molecule has 2 N–H and O–H groups in total. The van der Waals surface area contributed by atoms with Gasteiger partial charge in [-0.1, -0.05) is 27.2 Å². The Hall–Kier alpha value is -1.26. The fourth-order valence-corrected chi connectivity index (χ4v) is 2.61. The predicted octanol–water partition coefficient (Wildman–Crippen LogP) is 2.32. The molecule has 1 fully saturated rings. The third kappa shape index (κ3) is 4.11. The molecule has 1 heterocycles. The number of carbonyl (C=O) groups is 2. The average Bonchev–Trinajstić information content (AvgIpc) is 2.34. The highest BCUT2D eigenvalue weighted by atomic mass is 16.4. The van der Waals surface area contributed by atoms with Crippen molar-refractivity contribution < 1.29 is 14.7 Å². The molecule has 0 radical (unpaired) electrons. The summed E-state index contributed by atoms with van der Waals surface area (Å²) in [6.07, 6.45) is 2.69. The van der Waals surface area contributed by atoms with E-state index in [1.165, 1.54) is 0 Å². The molecule has 0 spiro atoms. The number of piperidine rings is 1. The number of rotatable bonds is 4. The molecule has 0 aliphatic carbocycles. The number of urea groups is 1. The van der Waals surface area contributed by atoms with Gasteiger partial charge < -0.3 is 15.3 Å². The largest absolute Gasteiger partial charge is 0.480 e. The van der Waals surface area contributed by atoms with Crippen LogP contribution in [-0.2, 0) is 4.79 Å². The summed E-state index contributed by atoms with van der Waals surface area (Å²) in [6.45, 7) is 8.69. The molecule has 0 aromatic heterocycles. The maximum atomic E-state index is 12.2. The van der Waals surface area contributed by atoms with E-state index in [1.54, 1.807) is 4.90 Å². The Morgan fingerprint density at radius 1 is 1.42 bits per heavy atom. The zero-order valence-corrected chi connectivity index (χ0v) is 12.3. The standard InChI is InChI=1S/C14H26N2O3/c1-5-10(3)12(13(17)18)15-14(19)16-7-6-9(2)8-11(16)4/h9-12H,5-8H2,1-4H3,(H,15,19)(H,17,18)/t9?,10-,11?,12-/m0/s1. The van der Waals surface area contributed by atoms with E-state index >= 15 is 0 Å². The summed E-state index contributed by atoms with van der Waals surface area (Å²) in [5.41, 5.74) is 0. The van der Waals surface area contributed by atoms with Crippen molar-refractivity contribution >= 4 is 12.0 Å². The van der Waals surface area contributed by atoms with Gasteiger partial charge in [0.2, 0.25) is 0 Å². The van der Waals surface area contributed by atoms with Crippen molar-refractivity contribution in [2.45, 2.75) is 59.0 Å². The van der Waals surface area contributed by atoms with E-state index in [0.29, 0.717) is 12.5 Å². The second-order valence-corrected chi connectivity index (χ2v) is 5.82. The minimum Gasteiger partial charge on any atom is -0.480 e. The highest BCUT2D eigenvalue weighted by molar-refractivity contribution is 5.83. The molecule has 1 saturated heterocycles. The van der Waals surface area contributed by atoms with Gasteiger partial charge in [-0.25, -0.2) is 9.59 Å². The number of nitrogens with one attached hydrogen (secondary N) is 1. The Kier molecular flexibility index (Phi) is 5.63. The topological polar surface area (TPSA) is 69.6 Å². The Morgan fingerprint density at radius 3 is 2.53 bits per heavy atom. The van der Waals surface area contributed by atoms with Crippen LogP contribution in [0, 0.1) is 11.8 Å². The first-order chi connectivity index (χ1) is 8.86. The summed E-state index contributed by atoms with van der Waals surface area (Å²) in [5.74, 6) is -0.398. The monoisotopic (exact) mass is 270 g/mol. The molecular formula is C14H26N2O3. The van der Waals surface area contributed by atoms with Crippen LogP contribution in [-0.4, -0.2) is 40.6 Å². The SMILES string of the molecule is CC[C@H](C)[C@H](NC(=O)N1CCC(C)CC1C)C(=O)O. The molecular weight excluding hydrogens is 244 g/mol. The van der Waals surface area contributed by atoms with Crippen LogP contribution in [0.3, 0.4) is 0 Å². The van der Waals surface area contributed by atoms with Crippen molar-refractivity contribution in [3.8, 4) is 0 Å². The van der Waals surface area contributed by atoms with Crippen LogP contribution in [0.4, 0.5) is 4.79 Å². The quantitative estimate of drug-likeness (QED) is 0.823. The number of amides is 2. The smallest absolute Gasteiger partial charge is 0.326 e. The lowest BCUT2D eigenvalue weighted by Crippen LogP contribution is -2.54. The number of carboxylic acids is 1. The van der Waals surface area contributed by atoms with Crippen molar-refractivity contribution in [3.05, 3.63) is 0 Å². The summed E-state index contributed by atoms with van der Waals surface area (Å²) >= 11 is 0. The van der Waals surface area contributed by atoms with Gasteiger partial charge in [0, 0.05) is 12.6 Å². The van der Waals surface area contributed by atoms with Crippen LogP contribution >= 0.6 is 0 Å². The zero-order chi connectivity index (χ0) is 14.6. The maximum absolute atomic E-state index is 12.2. The minimum absolute atomic E-state index is 0.0690. The van der Waals surface area contributed by atoms with E-state index in [4.69, 9.17) is 0 Å². The summed E-state index contributed by atoms with van der Waals surface area (Å²) in [7, 11) is 0. The third-order valence-electron chi connectivity index (χ3n) is 4.16. The first-order valence-corrected chi connectivity index (χ1v) is 7.16. The van der Waals surface area contributed by atoms with Crippen molar-refractivity contribution in [1.29, 1.82) is 0 Å². The Labute approximate surface area is 115 Å². The maximum Gasteiger partial charge on any atom is 0.326 e. The number of carbonyl (C=O) groups excluding carboxylic acids is 1. The van der Waals surface area contributed by atoms with Gasteiger partial charge in [-0.05, 0) is 31.6 Å². The first kappa shape index (κ1) is 15.8. The van der Waals surface area contributed by atoms with Gasteiger partial charge in [-0.3, -0.25) is 0 Å². The summed E-state index contributed by atoms with van der Waals surface area (Å²) in [6, 6.07) is -0.869. The first-order valence-electron chi connectivity index (χ1n) is 7.16. The van der Waals surface area contributed by atoms with Crippen LogP contribution in [0.5, 0.6) is 0 Å². The number of carboxylic acid groups (broad SMARTS) is 1. The van der Waals surface area contributed by atoms with Gasteiger partial charge in [0.05, 0.1) is 0 Å². The van der Waals surface area contributed by atoms with Crippen molar-refractivity contribution in [2.24, 2.45) is 11.8 Å². The highest BCUT2D eigenvalue weighted by Crippen LogP contribution is 2.22. The molecule has 0 aromatic rings. The lowest BCUT2D eigenvalue weighted by Gasteiger charge is -2.37. The molecule has 5 nitrogen and oxygen atoms in total. The number of nitrogens with zero attached hydrogens (tertiary/aromatic N) is 1. The van der Waals surface area contributed by atoms with Gasteiger partial charge in [0.15, 0.2) is 0 Å². The lowest BCUT2D eigenvalue weighted by molar-refractivity contribution is -0.140. The van der Waals surface area contributed by atoms with Crippen LogP contribution in [0.1, 0.15) is 47.0 Å². The predicted molar refractivity (Wildman–Crippen MR) is 74.0 cm³/mol. The fourth-order valence-electron chi connectivity index (χ4n) is 2.61. The van der Waals surface area contributed by atoms with E-state index < -0.39 is 12.0 Å². The van der Waals surface area contributed by atoms with Gasteiger partial charge >= 0.3 is 12.0 Å². The molecule has 1 aliphatic heterocycles. The van der Waals surface area contributed by atoms with E-state index in [2.05, 4.69) is 12.2 Å². The Morgan fingerprint density at radius 2 is 2.05 bits per heavy atom. The van der Waals surface area contributed by atoms with Gasteiger partial charge in [-0.2, -0.15) is 0 Å². The van der Waals surface area contributed by atoms with E-state index in [0.717, 1.165) is 19.3 Å². The number of aliphatic carboxylic acids is 1. The average molecular weight is 270 g/mol. The Balaban J connectivity index is 2.64. The van der Waals surface area contributed by atoms with Gasteiger partial charge in [0.1, 0.15) is 6.04 Å². The second-order valence-electron chi connectivity index (χ2n) is 5.82. The molecule has 0 saturated carbocycles. The van der Waals surface area contributed by atoms with Crippen LogP contribution in [0.25, 0.3) is 0 Å². The number of hydrogen-bond acceptors (Lipinski definition) is 2. The van der Waals surface area contributed by atoms with Crippen LogP contribution < -0.4 is 5.32 Å². The number of likely N-dealkylation sites (tertiary alicyclic amines) is 1. The molecule has 4 atom stereocenters. The van der Waals surface area contributed by atoms with Crippen molar-refractivity contribution in [3.63, 3.8) is 0 Å². The lowest BCUT2D eigenvalue weighted by atomic mass is 9.93. The molecule has 1 aliphatic rings. The third-order valence-corrected chi connectivity index (χ3v) is 4.16. The van der Waals surface area contributed by atoms with Crippen molar-refractivity contribution in [2.75, 3.05) is 6.54 Å². The summed E-state index contributed by atoms with van der Waals surface area (Å²) < 4.78 is 0. The Bertz CT molecular complexity index is 333. The normalized spacial score (nSPS) is 26.6. The molecule has 110 valence electrons. The molecule has 19 heavy (non-hydrogen) atoms. The molecule has 2 amide bonds. The summed E-state index contributed by atoms with van der Waals surface area (Å²) in [5, 5.41) is 11.9. The second kappa shape index (κ2) is 6.78. The number of hydrogen-bond donors (Lipinski definition) is 2. The molecule has 5 heteroatoms. The minimum atomic E-state index is -0.958. The van der Waals surface area contributed by atoms with E-state index in [-0.39, 0.29) is 18.0 Å². The highest BCUT2D eigenvalue weighted by Gasteiger charge is 2.31. The molecule has 0 bridgehead atoms. The summed E-state index contributed by atoms with van der Waals surface area (Å²) in [4.78, 5) is 25.2. The van der Waals surface area contributed by atoms with Gasteiger partial charge in [0.25, 0.3) is 0 Å². The van der Waals surface area contributed by atoms with Crippen molar-refractivity contribution in [1.82, 2.24) is 10.2 Å². The van der Waals surface area contributed by atoms with Gasteiger partial charge in [-0.15, -0.1) is 0 Å². The molecule has 2 unspecified atom stereocenters. The van der Waals surface area contributed by atoms with Crippen LogP contribution in [0.2, 0.25) is 0 Å². The van der Waals surface area contributed by atoms with E-state index in [9.17, 15) is 14.7 Å². The van der Waals surface area contributed by atoms with Crippen LogP contribution in [0.15, 0.2) is 0 Å². The zero-order valence-electron chi connectivity index (χ0n) is 12.3. The van der Waals surface area contributed by atoms with E-state index in [1.807, 2.05) is 20.8 Å². The molecule has 1 rings (SSSR count).